The molecule has 0 aromatic rings. The van der Waals surface area contributed by atoms with Gasteiger partial charge in [0.15, 0.2) is 0 Å². The third-order valence-electron chi connectivity index (χ3n) is 1.63. The second kappa shape index (κ2) is 5.99. The molecule has 1 aliphatic heterocycles. The van der Waals surface area contributed by atoms with Crippen LogP contribution < -0.4 is 0 Å². The first-order valence-corrected chi connectivity index (χ1v) is 4.09. The Morgan fingerprint density at radius 2 is 2.21 bits per heavy atom. The number of nitrogens with zero attached hydrogens (tertiary/aromatic N) is 1. The third-order valence-corrected chi connectivity index (χ3v) is 1.96. The summed E-state index contributed by atoms with van der Waals surface area (Å²) in [6.07, 6.45) is 1.57. The fraction of sp³-hybridized carbons (Fsp3) is 0.333. The average Bonchev–Trinajstić information content (AvgIpc) is 1.98. The number of alkyl halides is 2. The Hall–Kier alpha value is 0.274. The number of hydrogen-bond donors (Lipinski definition) is 0. The summed E-state index contributed by atoms with van der Waals surface area (Å²) in [6.45, 7) is 3.60. The maximum absolute atomic E-state index is 12.1. The second-order valence-corrected chi connectivity index (χ2v) is 3.16. The van der Waals surface area contributed by atoms with E-state index in [1.165, 1.54) is 4.90 Å². The van der Waals surface area contributed by atoms with Crippen molar-refractivity contribution in [3.63, 3.8) is 0 Å². The molecule has 1 rings (SSSR count). The van der Waals surface area contributed by atoms with Crippen molar-refractivity contribution in [1.29, 1.82) is 0 Å². The van der Waals surface area contributed by atoms with E-state index in [0.717, 1.165) is 0 Å². The van der Waals surface area contributed by atoms with Gasteiger partial charge in [0.1, 0.15) is 0 Å². The van der Waals surface area contributed by atoms with Gasteiger partial charge in [0, 0.05) is 39.1 Å². The van der Waals surface area contributed by atoms with E-state index < -0.39 is 6.43 Å². The quantitative estimate of drug-likeness (QED) is 0.708. The molecule has 0 fully saturated rings. The zero-order valence-electron chi connectivity index (χ0n) is 7.73. The number of halogens is 3. The van der Waals surface area contributed by atoms with Gasteiger partial charge in [-0.25, -0.2) is 8.78 Å². The Labute approximate surface area is 112 Å². The summed E-state index contributed by atoms with van der Waals surface area (Å²) < 4.78 is 24.1. The third kappa shape index (κ3) is 3.80. The number of rotatable bonds is 2. The molecule has 0 saturated heterocycles. The topological polar surface area (TPSA) is 3.24 Å². The van der Waals surface area contributed by atoms with E-state index in [1.54, 1.807) is 13.2 Å². The molecule has 0 aromatic carbocycles. The summed E-state index contributed by atoms with van der Waals surface area (Å²) in [6, 6.07) is 0. The van der Waals surface area contributed by atoms with E-state index in [-0.39, 0.29) is 39.1 Å². The van der Waals surface area contributed by atoms with Gasteiger partial charge in [-0.2, -0.15) is 0 Å². The maximum Gasteiger partial charge on any atom is 0.240 e. The molecule has 0 aromatic heterocycles. The van der Waals surface area contributed by atoms with E-state index >= 15 is 0 Å². The summed E-state index contributed by atoms with van der Waals surface area (Å²) in [5.41, 5.74) is 0.796. The average molecular weight is 294 g/mol. The predicted molar refractivity (Wildman–Crippen MR) is 48.2 cm³/mol. The molecule has 75 valence electrons. The van der Waals surface area contributed by atoms with Crippen molar-refractivity contribution in [3.8, 4) is 0 Å². The molecule has 0 amide bonds. The van der Waals surface area contributed by atoms with Gasteiger partial charge in [-0.1, -0.05) is 12.4 Å². The standard InChI is InChI=1S/C9H9ClF2N.Y/c1-6-7(3-9(11)12)4-13(2)5-8(6)10;/h5,9H,1,3H2,2H3;/q-1;. The van der Waals surface area contributed by atoms with Crippen LogP contribution in [0.15, 0.2) is 29.0 Å². The van der Waals surface area contributed by atoms with Crippen LogP contribution in [-0.4, -0.2) is 18.4 Å². The summed E-state index contributed by atoms with van der Waals surface area (Å²) in [5, 5.41) is 0.386. The van der Waals surface area contributed by atoms with Crippen LogP contribution in [-0.2, 0) is 32.7 Å². The van der Waals surface area contributed by atoms with Crippen LogP contribution in [0.25, 0.3) is 0 Å². The Bertz CT molecular complexity index is 287. The van der Waals surface area contributed by atoms with E-state index in [1.807, 2.05) is 0 Å². The molecule has 0 spiro atoms. The monoisotopic (exact) mass is 293 g/mol. The first-order valence-electron chi connectivity index (χ1n) is 3.71. The van der Waals surface area contributed by atoms with Crippen molar-refractivity contribution >= 4 is 11.6 Å². The number of allylic oxidation sites excluding steroid dienone is 3. The summed E-state index contributed by atoms with van der Waals surface area (Å²) in [4.78, 5) is 1.52. The summed E-state index contributed by atoms with van der Waals surface area (Å²) in [5.74, 6) is 0. The molecule has 1 heterocycles. The second-order valence-electron chi connectivity index (χ2n) is 2.75. The molecule has 0 atom stereocenters. The molecule has 1 aliphatic rings. The van der Waals surface area contributed by atoms with Crippen LogP contribution in [0.5, 0.6) is 0 Å². The van der Waals surface area contributed by atoms with E-state index in [9.17, 15) is 8.78 Å². The van der Waals surface area contributed by atoms with Crippen molar-refractivity contribution in [2.45, 2.75) is 12.8 Å². The molecule has 5 heteroatoms. The Kier molecular flexibility index (Phi) is 6.11. The van der Waals surface area contributed by atoms with Crippen molar-refractivity contribution in [2.24, 2.45) is 0 Å². The van der Waals surface area contributed by atoms with Gasteiger partial charge in [-0.05, 0) is 12.1 Å². The number of hydrogen-bond acceptors (Lipinski definition) is 1. The van der Waals surface area contributed by atoms with Crippen LogP contribution in [0.2, 0.25) is 0 Å². The molecule has 0 aliphatic carbocycles. The molecule has 1 nitrogen and oxygen atoms in total. The summed E-state index contributed by atoms with van der Waals surface area (Å²) >= 11 is 5.75. The molecular formula is C9H9ClF2NY-. The normalized spacial score (nSPS) is 16.4. The first-order chi connectivity index (χ1) is 6.00. The van der Waals surface area contributed by atoms with Crippen LogP contribution in [0.1, 0.15) is 6.42 Å². The van der Waals surface area contributed by atoms with Gasteiger partial charge < -0.3 is 4.90 Å². The molecule has 0 saturated carbocycles. The molecule has 0 unspecified atom stereocenters. The van der Waals surface area contributed by atoms with E-state index in [4.69, 9.17) is 11.6 Å². The molecular weight excluding hydrogens is 284 g/mol. The Morgan fingerprint density at radius 3 is 2.71 bits per heavy atom. The SMILES string of the molecule is C=C1C(CC(F)F)=[C-]N(C)C=C1Cl.[Y]. The van der Waals surface area contributed by atoms with Crippen LogP contribution in [0.4, 0.5) is 8.78 Å². The molecule has 0 bridgehead atoms. The molecule has 14 heavy (non-hydrogen) atoms. The van der Waals surface area contributed by atoms with Gasteiger partial charge in [0.2, 0.25) is 6.43 Å². The fourth-order valence-corrected chi connectivity index (χ4v) is 1.29. The minimum absolute atomic E-state index is 0. The molecule has 1 radical (unpaired) electrons. The van der Waals surface area contributed by atoms with Gasteiger partial charge in [0.05, 0.1) is 0 Å². The predicted octanol–water partition coefficient (Wildman–Crippen LogP) is 2.91. The minimum atomic E-state index is -2.39. The van der Waals surface area contributed by atoms with Gasteiger partial charge in [-0.3, -0.25) is 0 Å². The van der Waals surface area contributed by atoms with Crippen LogP contribution >= 0.6 is 11.6 Å². The largest absolute Gasteiger partial charge is 0.462 e. The Balaban J connectivity index is 0.00000169. The Morgan fingerprint density at radius 1 is 1.64 bits per heavy atom. The van der Waals surface area contributed by atoms with Gasteiger partial charge in [-0.15, -0.1) is 29.3 Å². The van der Waals surface area contributed by atoms with E-state index in [2.05, 4.69) is 12.8 Å². The zero-order valence-corrected chi connectivity index (χ0v) is 11.3. The van der Waals surface area contributed by atoms with Crippen LogP contribution in [0.3, 0.4) is 0 Å². The van der Waals surface area contributed by atoms with Crippen molar-refractivity contribution in [2.75, 3.05) is 7.05 Å². The summed E-state index contributed by atoms with van der Waals surface area (Å²) in [7, 11) is 1.68. The van der Waals surface area contributed by atoms with Crippen molar-refractivity contribution < 1.29 is 41.5 Å². The molecule has 0 N–H and O–H groups in total. The minimum Gasteiger partial charge on any atom is -0.462 e. The van der Waals surface area contributed by atoms with E-state index in [0.29, 0.717) is 16.2 Å². The maximum atomic E-state index is 12.1. The smallest absolute Gasteiger partial charge is 0.240 e. The van der Waals surface area contributed by atoms with Crippen LogP contribution in [0, 0.1) is 6.20 Å². The van der Waals surface area contributed by atoms with Crippen molar-refractivity contribution in [1.82, 2.24) is 4.90 Å². The first kappa shape index (κ1) is 14.3. The van der Waals surface area contributed by atoms with Gasteiger partial charge >= 0.3 is 0 Å². The zero-order chi connectivity index (χ0) is 10.0. The fourth-order valence-electron chi connectivity index (χ4n) is 1.03. The van der Waals surface area contributed by atoms with Crippen molar-refractivity contribution in [3.05, 3.63) is 35.2 Å². The van der Waals surface area contributed by atoms with Gasteiger partial charge in [0.25, 0.3) is 0 Å².